The summed E-state index contributed by atoms with van der Waals surface area (Å²) in [5, 5.41) is 36.7. The Labute approximate surface area is 260 Å². The van der Waals surface area contributed by atoms with Crippen LogP contribution in [0.5, 0.6) is 0 Å². The second-order valence-electron chi connectivity index (χ2n) is 12.0. The number of carbonyl (C=O) groups is 1. The molecule has 250 valence electrons. The number of aliphatic carboxylic acids is 1. The third kappa shape index (κ3) is 35.0. The average Bonchev–Trinajstić information content (AvgIpc) is 2.98. The van der Waals surface area contributed by atoms with E-state index in [0.717, 1.165) is 38.5 Å². The quantitative estimate of drug-likeness (QED) is 0.0416. The van der Waals surface area contributed by atoms with Gasteiger partial charge in [0.2, 0.25) is 0 Å². The van der Waals surface area contributed by atoms with Crippen LogP contribution in [0.1, 0.15) is 174 Å². The molecule has 0 bridgehead atoms. The van der Waals surface area contributed by atoms with E-state index in [-0.39, 0.29) is 6.61 Å². The number of carboxylic acid groups (broad SMARTS) is 1. The van der Waals surface area contributed by atoms with Crippen molar-refractivity contribution in [2.45, 2.75) is 193 Å². The number of nitrogens with two attached hydrogens (primary N) is 1. The molecule has 0 fully saturated rings. The van der Waals surface area contributed by atoms with Gasteiger partial charge in [0.25, 0.3) is 0 Å². The molecule has 0 aliphatic rings. The molecule has 6 nitrogen and oxygen atoms in total. The first-order valence-electron chi connectivity index (χ1n) is 17.6. The Morgan fingerprint density at radius 3 is 1.50 bits per heavy atom. The molecule has 0 radical (unpaired) electrons. The standard InChI is InChI=1S/C18H39NO3.C18H32O2/c1-2-3-4-5-6-7-8-9-10-11-12-13-14-17(21)18(22)16(19)15-20;1-2-3-4-5-6-7-8-9-10-11-12-13-14-15-16-17-18(19)20/h16-18,20-22H,2-15,19H2,1H3;6-7,9-10H,2-5,8,11-17H2,1H3,(H,19,20)/b;7-6-,10-9-. The van der Waals surface area contributed by atoms with E-state index in [4.69, 9.17) is 15.9 Å². The molecule has 0 rings (SSSR count). The summed E-state index contributed by atoms with van der Waals surface area (Å²) in [6, 6.07) is -0.743. The van der Waals surface area contributed by atoms with Gasteiger partial charge in [-0.25, -0.2) is 0 Å². The average molecular weight is 598 g/mol. The Hall–Kier alpha value is -1.21. The first-order chi connectivity index (χ1) is 20.4. The van der Waals surface area contributed by atoms with E-state index in [1.54, 1.807) is 0 Å². The van der Waals surface area contributed by atoms with E-state index in [2.05, 4.69) is 38.2 Å². The van der Waals surface area contributed by atoms with Crippen LogP contribution in [0.4, 0.5) is 0 Å². The van der Waals surface area contributed by atoms with Crippen molar-refractivity contribution in [2.75, 3.05) is 6.61 Å². The fraction of sp³-hybridized carbons (Fsp3) is 0.861. The topological polar surface area (TPSA) is 124 Å². The van der Waals surface area contributed by atoms with Gasteiger partial charge in [0.05, 0.1) is 24.9 Å². The van der Waals surface area contributed by atoms with Gasteiger partial charge in [-0.2, -0.15) is 0 Å². The van der Waals surface area contributed by atoms with Crippen molar-refractivity contribution in [1.29, 1.82) is 0 Å². The Kier molecular flexibility index (Phi) is 36.8. The fourth-order valence-electron chi connectivity index (χ4n) is 4.85. The maximum Gasteiger partial charge on any atom is 0.303 e. The highest BCUT2D eigenvalue weighted by molar-refractivity contribution is 5.66. The molecule has 0 aromatic carbocycles. The molecule has 0 heterocycles. The molecule has 0 aliphatic heterocycles. The van der Waals surface area contributed by atoms with Crippen LogP contribution in [0.3, 0.4) is 0 Å². The van der Waals surface area contributed by atoms with Gasteiger partial charge in [0.15, 0.2) is 0 Å². The number of rotatable bonds is 30. The number of allylic oxidation sites excluding steroid dienone is 4. The largest absolute Gasteiger partial charge is 0.481 e. The molecule has 42 heavy (non-hydrogen) atoms. The molecule has 0 amide bonds. The lowest BCUT2D eigenvalue weighted by molar-refractivity contribution is -0.137. The smallest absolute Gasteiger partial charge is 0.303 e. The summed E-state index contributed by atoms with van der Waals surface area (Å²) < 4.78 is 0. The van der Waals surface area contributed by atoms with Gasteiger partial charge in [0.1, 0.15) is 0 Å². The molecule has 0 aliphatic carbocycles. The lowest BCUT2D eigenvalue weighted by Crippen LogP contribution is -2.45. The maximum absolute atomic E-state index is 10.3. The molecular weight excluding hydrogens is 526 g/mol. The van der Waals surface area contributed by atoms with Crippen molar-refractivity contribution < 1.29 is 25.2 Å². The van der Waals surface area contributed by atoms with E-state index in [1.807, 2.05) is 0 Å². The third-order valence-corrected chi connectivity index (χ3v) is 7.74. The third-order valence-electron chi connectivity index (χ3n) is 7.74. The highest BCUT2D eigenvalue weighted by atomic mass is 16.4. The lowest BCUT2D eigenvalue weighted by Gasteiger charge is -2.22. The van der Waals surface area contributed by atoms with Crippen molar-refractivity contribution in [1.82, 2.24) is 0 Å². The van der Waals surface area contributed by atoms with Gasteiger partial charge in [-0.15, -0.1) is 0 Å². The van der Waals surface area contributed by atoms with Gasteiger partial charge in [-0.1, -0.05) is 147 Å². The molecule has 0 saturated carbocycles. The molecular formula is C36H71NO5. The first kappa shape index (κ1) is 42.9. The summed E-state index contributed by atoms with van der Waals surface area (Å²) in [4.78, 5) is 10.3. The Morgan fingerprint density at radius 2 is 1.02 bits per heavy atom. The zero-order chi connectivity index (χ0) is 31.5. The summed E-state index contributed by atoms with van der Waals surface area (Å²) in [6.45, 7) is 4.19. The van der Waals surface area contributed by atoms with Gasteiger partial charge < -0.3 is 26.2 Å². The molecule has 0 spiro atoms. The minimum atomic E-state index is -1.02. The Morgan fingerprint density at radius 1 is 0.619 bits per heavy atom. The molecule has 0 aromatic heterocycles. The SMILES string of the molecule is CCCCC/C=C\C/C=C\CCCCCCCC(=O)O.CCCCCCCCCCCCCCC(O)C(O)C(N)CO. The summed E-state index contributed by atoms with van der Waals surface area (Å²) in [6.07, 6.45) is 36.4. The number of hydrogen-bond acceptors (Lipinski definition) is 5. The van der Waals surface area contributed by atoms with Crippen LogP contribution in [0, 0.1) is 0 Å². The van der Waals surface area contributed by atoms with Crippen LogP contribution in [0.15, 0.2) is 24.3 Å². The normalized spacial score (nSPS) is 13.8. The van der Waals surface area contributed by atoms with Gasteiger partial charge in [-0.3, -0.25) is 4.79 Å². The van der Waals surface area contributed by atoms with Gasteiger partial charge in [0, 0.05) is 6.42 Å². The van der Waals surface area contributed by atoms with Gasteiger partial charge >= 0.3 is 5.97 Å². The minimum absolute atomic E-state index is 0.295. The van der Waals surface area contributed by atoms with E-state index >= 15 is 0 Å². The van der Waals surface area contributed by atoms with Crippen LogP contribution in [0.2, 0.25) is 0 Å². The molecule has 3 atom stereocenters. The summed E-state index contributed by atoms with van der Waals surface area (Å²) in [5.74, 6) is -0.671. The Bertz CT molecular complexity index is 595. The van der Waals surface area contributed by atoms with Crippen LogP contribution in [-0.4, -0.2) is 51.3 Å². The monoisotopic (exact) mass is 598 g/mol. The molecule has 0 saturated heterocycles. The van der Waals surface area contributed by atoms with E-state index in [1.165, 1.54) is 109 Å². The predicted octanol–water partition coefficient (Wildman–Crippen LogP) is 9.00. The van der Waals surface area contributed by atoms with E-state index in [0.29, 0.717) is 12.8 Å². The second-order valence-corrected chi connectivity index (χ2v) is 12.0. The fourth-order valence-corrected chi connectivity index (χ4v) is 4.85. The highest BCUT2D eigenvalue weighted by Gasteiger charge is 2.22. The van der Waals surface area contributed by atoms with Crippen molar-refractivity contribution in [3.05, 3.63) is 24.3 Å². The number of unbranched alkanes of at least 4 members (excludes halogenated alkanes) is 19. The van der Waals surface area contributed by atoms with Crippen LogP contribution in [-0.2, 0) is 4.79 Å². The summed E-state index contributed by atoms with van der Waals surface area (Å²) >= 11 is 0. The summed E-state index contributed by atoms with van der Waals surface area (Å²) in [5.41, 5.74) is 5.49. The van der Waals surface area contributed by atoms with Crippen molar-refractivity contribution in [2.24, 2.45) is 5.73 Å². The van der Waals surface area contributed by atoms with Crippen LogP contribution >= 0.6 is 0 Å². The number of aliphatic hydroxyl groups excluding tert-OH is 3. The van der Waals surface area contributed by atoms with E-state index < -0.39 is 24.2 Å². The zero-order valence-electron chi connectivity index (χ0n) is 27.7. The number of carboxylic acids is 1. The Balaban J connectivity index is 0. The molecule has 3 unspecified atom stereocenters. The van der Waals surface area contributed by atoms with E-state index in [9.17, 15) is 15.0 Å². The number of aliphatic hydroxyl groups is 3. The molecule has 6 heteroatoms. The zero-order valence-corrected chi connectivity index (χ0v) is 27.7. The second kappa shape index (κ2) is 36.0. The van der Waals surface area contributed by atoms with Crippen LogP contribution in [0.25, 0.3) is 0 Å². The van der Waals surface area contributed by atoms with Crippen molar-refractivity contribution in [3.63, 3.8) is 0 Å². The number of hydrogen-bond donors (Lipinski definition) is 5. The summed E-state index contributed by atoms with van der Waals surface area (Å²) in [7, 11) is 0. The van der Waals surface area contributed by atoms with Gasteiger partial charge in [-0.05, 0) is 44.9 Å². The first-order valence-corrected chi connectivity index (χ1v) is 17.6. The molecule has 6 N–H and O–H groups in total. The lowest BCUT2D eigenvalue weighted by atomic mass is 10.00. The van der Waals surface area contributed by atoms with Crippen LogP contribution < -0.4 is 5.73 Å². The minimum Gasteiger partial charge on any atom is -0.481 e. The molecule has 0 aromatic rings. The highest BCUT2D eigenvalue weighted by Crippen LogP contribution is 2.14. The van der Waals surface area contributed by atoms with Crippen molar-refractivity contribution >= 4 is 5.97 Å². The predicted molar refractivity (Wildman–Crippen MR) is 180 cm³/mol. The maximum atomic E-state index is 10.3. The van der Waals surface area contributed by atoms with Crippen molar-refractivity contribution in [3.8, 4) is 0 Å².